The maximum Gasteiger partial charge on any atom is 0.416 e. The van der Waals surface area contributed by atoms with Gasteiger partial charge in [-0.1, -0.05) is 12.1 Å². The van der Waals surface area contributed by atoms with E-state index in [9.17, 15) is 18.0 Å². The SMILES string of the molecule is CCN(CC1CCOC1)C(=O)Cc1csc(-c2ccc(C(F)(F)F)cc2)n1. The van der Waals surface area contributed by atoms with Crippen LogP contribution in [0, 0.1) is 5.92 Å². The van der Waals surface area contributed by atoms with Crippen molar-refractivity contribution in [2.24, 2.45) is 5.92 Å². The molecular weight excluding hydrogens is 377 g/mol. The summed E-state index contributed by atoms with van der Waals surface area (Å²) in [5.74, 6) is 0.390. The Kier molecular flexibility index (Phi) is 6.16. The van der Waals surface area contributed by atoms with Crippen molar-refractivity contribution >= 4 is 17.2 Å². The number of rotatable bonds is 6. The number of alkyl halides is 3. The van der Waals surface area contributed by atoms with Gasteiger partial charge in [0, 0.05) is 36.6 Å². The zero-order valence-electron chi connectivity index (χ0n) is 15.0. The molecule has 0 aliphatic carbocycles. The topological polar surface area (TPSA) is 42.4 Å². The van der Waals surface area contributed by atoms with Crippen LogP contribution in [-0.2, 0) is 22.1 Å². The fourth-order valence-electron chi connectivity index (χ4n) is 3.04. The molecule has 1 aliphatic rings. The molecule has 0 bridgehead atoms. The second-order valence-electron chi connectivity index (χ2n) is 6.56. The Morgan fingerprint density at radius 3 is 2.67 bits per heavy atom. The molecule has 3 rings (SSSR count). The van der Waals surface area contributed by atoms with Gasteiger partial charge in [-0.2, -0.15) is 13.2 Å². The highest BCUT2D eigenvalue weighted by Gasteiger charge is 2.30. The Labute approximate surface area is 160 Å². The number of benzene rings is 1. The van der Waals surface area contributed by atoms with Crippen LogP contribution in [0.2, 0.25) is 0 Å². The summed E-state index contributed by atoms with van der Waals surface area (Å²) < 4.78 is 43.3. The van der Waals surface area contributed by atoms with Crippen molar-refractivity contribution in [3.63, 3.8) is 0 Å². The predicted molar refractivity (Wildman–Crippen MR) is 97.4 cm³/mol. The van der Waals surface area contributed by atoms with Crippen LogP contribution in [0.4, 0.5) is 13.2 Å². The van der Waals surface area contributed by atoms with Crippen molar-refractivity contribution in [1.29, 1.82) is 0 Å². The molecule has 0 radical (unpaired) electrons. The summed E-state index contributed by atoms with van der Waals surface area (Å²) in [5, 5.41) is 2.40. The minimum Gasteiger partial charge on any atom is -0.381 e. The first-order chi connectivity index (χ1) is 12.9. The predicted octanol–water partition coefficient (Wildman–Crippen LogP) is 4.26. The Hall–Kier alpha value is -1.93. The van der Waals surface area contributed by atoms with E-state index in [2.05, 4.69) is 4.98 Å². The number of halogens is 3. The Bertz CT molecular complexity index is 768. The molecule has 2 heterocycles. The van der Waals surface area contributed by atoms with Crippen LogP contribution in [0.15, 0.2) is 29.6 Å². The number of carbonyl (C=O) groups is 1. The smallest absolute Gasteiger partial charge is 0.381 e. The minimum atomic E-state index is -4.35. The monoisotopic (exact) mass is 398 g/mol. The first kappa shape index (κ1) is 19.8. The van der Waals surface area contributed by atoms with E-state index < -0.39 is 11.7 Å². The summed E-state index contributed by atoms with van der Waals surface area (Å²) in [6, 6.07) is 4.91. The molecule has 1 atom stereocenters. The number of carbonyl (C=O) groups excluding carboxylic acids is 1. The third kappa shape index (κ3) is 5.07. The van der Waals surface area contributed by atoms with Crippen molar-refractivity contribution in [1.82, 2.24) is 9.88 Å². The van der Waals surface area contributed by atoms with Crippen molar-refractivity contribution in [3.8, 4) is 10.6 Å². The van der Waals surface area contributed by atoms with Crippen LogP contribution in [0.1, 0.15) is 24.6 Å². The average Bonchev–Trinajstić information content (AvgIpc) is 3.31. The van der Waals surface area contributed by atoms with E-state index in [0.717, 1.165) is 25.2 Å². The van der Waals surface area contributed by atoms with E-state index in [4.69, 9.17) is 4.74 Å². The Morgan fingerprint density at radius 1 is 1.33 bits per heavy atom. The second kappa shape index (κ2) is 8.39. The van der Waals surface area contributed by atoms with Crippen LogP contribution >= 0.6 is 11.3 Å². The van der Waals surface area contributed by atoms with Gasteiger partial charge in [-0.3, -0.25) is 4.79 Å². The number of thiazole rings is 1. The lowest BCUT2D eigenvalue weighted by Crippen LogP contribution is -2.36. The minimum absolute atomic E-state index is 0.00803. The Morgan fingerprint density at radius 2 is 2.07 bits per heavy atom. The van der Waals surface area contributed by atoms with E-state index in [0.29, 0.717) is 41.9 Å². The second-order valence-corrected chi connectivity index (χ2v) is 7.42. The highest BCUT2D eigenvalue weighted by Crippen LogP contribution is 2.31. The molecule has 1 unspecified atom stereocenters. The standard InChI is InChI=1S/C19H21F3N2O2S/c1-2-24(10-13-7-8-26-11-13)17(25)9-16-12-27-18(23-16)14-3-5-15(6-4-14)19(20,21)22/h3-6,12-13H,2,7-11H2,1H3. The molecule has 146 valence electrons. The van der Waals surface area contributed by atoms with E-state index in [1.54, 1.807) is 5.38 Å². The van der Waals surface area contributed by atoms with Gasteiger partial charge in [0.2, 0.25) is 5.91 Å². The van der Waals surface area contributed by atoms with Gasteiger partial charge in [0.15, 0.2) is 0 Å². The van der Waals surface area contributed by atoms with Crippen molar-refractivity contribution in [2.75, 3.05) is 26.3 Å². The van der Waals surface area contributed by atoms with Crippen LogP contribution < -0.4 is 0 Å². The molecule has 2 aromatic rings. The fraction of sp³-hybridized carbons (Fsp3) is 0.474. The number of ether oxygens (including phenoxy) is 1. The zero-order chi connectivity index (χ0) is 19.4. The molecule has 1 fully saturated rings. The van der Waals surface area contributed by atoms with Crippen molar-refractivity contribution in [3.05, 3.63) is 40.9 Å². The summed E-state index contributed by atoms with van der Waals surface area (Å²) in [6.45, 7) is 4.70. The third-order valence-electron chi connectivity index (χ3n) is 4.58. The summed E-state index contributed by atoms with van der Waals surface area (Å²) >= 11 is 1.33. The van der Waals surface area contributed by atoms with Crippen LogP contribution in [-0.4, -0.2) is 42.1 Å². The van der Waals surface area contributed by atoms with Gasteiger partial charge in [0.25, 0.3) is 0 Å². The Balaban J connectivity index is 1.63. The molecule has 8 heteroatoms. The molecule has 27 heavy (non-hydrogen) atoms. The van der Waals surface area contributed by atoms with Gasteiger partial charge in [0.05, 0.1) is 24.3 Å². The quantitative estimate of drug-likeness (QED) is 0.730. The van der Waals surface area contributed by atoms with Crippen molar-refractivity contribution in [2.45, 2.75) is 25.9 Å². The maximum atomic E-state index is 12.7. The van der Waals surface area contributed by atoms with Crippen molar-refractivity contribution < 1.29 is 22.7 Å². The molecule has 1 saturated heterocycles. The maximum absolute atomic E-state index is 12.7. The normalized spacial score (nSPS) is 17.3. The largest absolute Gasteiger partial charge is 0.416 e. The number of amides is 1. The van der Waals surface area contributed by atoms with E-state index in [1.165, 1.54) is 23.5 Å². The van der Waals surface area contributed by atoms with E-state index in [1.807, 2.05) is 11.8 Å². The number of hydrogen-bond acceptors (Lipinski definition) is 4. The number of nitrogens with zero attached hydrogens (tertiary/aromatic N) is 2. The van der Waals surface area contributed by atoms with Crippen LogP contribution in [0.25, 0.3) is 10.6 Å². The molecule has 1 aromatic heterocycles. The lowest BCUT2D eigenvalue weighted by molar-refractivity contribution is -0.137. The molecule has 0 saturated carbocycles. The van der Waals surface area contributed by atoms with Crippen LogP contribution in [0.3, 0.4) is 0 Å². The van der Waals surface area contributed by atoms with Gasteiger partial charge < -0.3 is 9.64 Å². The van der Waals surface area contributed by atoms with Gasteiger partial charge >= 0.3 is 6.18 Å². The zero-order valence-corrected chi connectivity index (χ0v) is 15.8. The molecule has 4 nitrogen and oxygen atoms in total. The molecule has 1 aliphatic heterocycles. The number of aromatic nitrogens is 1. The molecule has 0 spiro atoms. The molecular formula is C19H21F3N2O2S. The summed E-state index contributed by atoms with van der Waals surface area (Å²) in [4.78, 5) is 18.8. The van der Waals surface area contributed by atoms with E-state index >= 15 is 0 Å². The highest BCUT2D eigenvalue weighted by molar-refractivity contribution is 7.13. The fourth-order valence-corrected chi connectivity index (χ4v) is 3.86. The first-order valence-electron chi connectivity index (χ1n) is 8.84. The third-order valence-corrected chi connectivity index (χ3v) is 5.52. The molecule has 0 N–H and O–H groups in total. The lowest BCUT2D eigenvalue weighted by atomic mass is 10.1. The lowest BCUT2D eigenvalue weighted by Gasteiger charge is -2.23. The van der Waals surface area contributed by atoms with E-state index in [-0.39, 0.29) is 12.3 Å². The van der Waals surface area contributed by atoms with Gasteiger partial charge in [-0.15, -0.1) is 11.3 Å². The van der Waals surface area contributed by atoms with Crippen LogP contribution in [0.5, 0.6) is 0 Å². The molecule has 1 aromatic carbocycles. The summed E-state index contributed by atoms with van der Waals surface area (Å²) in [5.41, 5.74) is 0.566. The highest BCUT2D eigenvalue weighted by atomic mass is 32.1. The average molecular weight is 398 g/mol. The first-order valence-corrected chi connectivity index (χ1v) is 9.72. The summed E-state index contributed by atoms with van der Waals surface area (Å²) in [7, 11) is 0. The summed E-state index contributed by atoms with van der Waals surface area (Å²) in [6.07, 6.45) is -3.19. The molecule has 1 amide bonds. The van der Waals surface area contributed by atoms with Gasteiger partial charge in [-0.25, -0.2) is 4.98 Å². The van der Waals surface area contributed by atoms with Gasteiger partial charge in [-0.05, 0) is 25.5 Å². The number of likely N-dealkylation sites (N-methyl/N-ethyl adjacent to an activating group) is 1. The number of hydrogen-bond donors (Lipinski definition) is 0. The van der Waals surface area contributed by atoms with Gasteiger partial charge in [0.1, 0.15) is 5.01 Å².